The van der Waals surface area contributed by atoms with Crippen molar-refractivity contribution in [3.63, 3.8) is 0 Å². The van der Waals surface area contributed by atoms with Gasteiger partial charge < -0.3 is 5.73 Å². The number of carbonyl (C=O) groups is 1. The average molecular weight is 219 g/mol. The van der Waals surface area contributed by atoms with Crippen LogP contribution in [-0.4, -0.2) is 5.91 Å². The molecule has 1 aliphatic carbocycles. The van der Waals surface area contributed by atoms with Crippen LogP contribution in [0.15, 0.2) is 35.5 Å². The van der Waals surface area contributed by atoms with Crippen molar-refractivity contribution >= 4 is 5.91 Å². The second kappa shape index (κ2) is 5.15. The van der Waals surface area contributed by atoms with E-state index in [1.165, 1.54) is 36.5 Å². The Kier molecular flexibility index (Phi) is 4.11. The zero-order chi connectivity index (χ0) is 12.2. The van der Waals surface area contributed by atoms with E-state index in [9.17, 15) is 4.79 Å². The van der Waals surface area contributed by atoms with Crippen molar-refractivity contribution in [1.29, 1.82) is 0 Å². The van der Waals surface area contributed by atoms with Gasteiger partial charge in [0, 0.05) is 6.08 Å². The molecule has 2 heteroatoms. The highest BCUT2D eigenvalue weighted by molar-refractivity contribution is 5.86. The van der Waals surface area contributed by atoms with E-state index in [1.807, 2.05) is 6.08 Å². The summed E-state index contributed by atoms with van der Waals surface area (Å²) in [5.41, 5.74) is 8.12. The lowest BCUT2D eigenvalue weighted by Crippen LogP contribution is -2.18. The molecule has 0 saturated heterocycles. The topological polar surface area (TPSA) is 43.1 Å². The number of amides is 1. The summed E-state index contributed by atoms with van der Waals surface area (Å²) in [6, 6.07) is 0. The Morgan fingerprint density at radius 1 is 1.38 bits per heavy atom. The minimum Gasteiger partial charge on any atom is -0.366 e. The van der Waals surface area contributed by atoms with Gasteiger partial charge in [0.15, 0.2) is 0 Å². The SMILES string of the molecule is CC1=C(C=CC=CC(N)=O)C(C)(C)CCC1. The number of hydrogen-bond donors (Lipinski definition) is 1. The maximum Gasteiger partial charge on any atom is 0.241 e. The third kappa shape index (κ3) is 3.37. The smallest absolute Gasteiger partial charge is 0.241 e. The van der Waals surface area contributed by atoms with E-state index in [0.29, 0.717) is 0 Å². The van der Waals surface area contributed by atoms with E-state index in [-0.39, 0.29) is 5.41 Å². The summed E-state index contributed by atoms with van der Waals surface area (Å²) >= 11 is 0. The first kappa shape index (κ1) is 12.8. The van der Waals surface area contributed by atoms with Gasteiger partial charge in [0.1, 0.15) is 0 Å². The third-order valence-electron chi connectivity index (χ3n) is 3.18. The van der Waals surface area contributed by atoms with Gasteiger partial charge in [-0.15, -0.1) is 0 Å². The molecule has 2 nitrogen and oxygen atoms in total. The molecule has 0 spiro atoms. The maximum absolute atomic E-state index is 10.5. The van der Waals surface area contributed by atoms with Crippen LogP contribution < -0.4 is 5.73 Å². The zero-order valence-corrected chi connectivity index (χ0v) is 10.4. The van der Waals surface area contributed by atoms with E-state index in [4.69, 9.17) is 5.73 Å². The second-order valence-corrected chi connectivity index (χ2v) is 5.05. The van der Waals surface area contributed by atoms with Crippen LogP contribution in [0.5, 0.6) is 0 Å². The number of hydrogen-bond acceptors (Lipinski definition) is 1. The van der Waals surface area contributed by atoms with Gasteiger partial charge in [0.25, 0.3) is 0 Å². The van der Waals surface area contributed by atoms with Gasteiger partial charge in [0.05, 0.1) is 0 Å². The summed E-state index contributed by atoms with van der Waals surface area (Å²) in [5.74, 6) is -0.404. The van der Waals surface area contributed by atoms with Gasteiger partial charge in [-0.1, -0.05) is 37.6 Å². The largest absolute Gasteiger partial charge is 0.366 e. The van der Waals surface area contributed by atoms with Crippen molar-refractivity contribution < 1.29 is 4.79 Å². The normalized spacial score (nSPS) is 20.9. The maximum atomic E-state index is 10.5. The fourth-order valence-corrected chi connectivity index (χ4v) is 2.31. The molecule has 88 valence electrons. The molecule has 2 N–H and O–H groups in total. The minimum absolute atomic E-state index is 0.249. The highest BCUT2D eigenvalue weighted by Gasteiger charge is 2.26. The summed E-state index contributed by atoms with van der Waals surface area (Å²) in [7, 11) is 0. The highest BCUT2D eigenvalue weighted by atomic mass is 16.1. The molecule has 1 amide bonds. The highest BCUT2D eigenvalue weighted by Crippen LogP contribution is 2.40. The van der Waals surface area contributed by atoms with Gasteiger partial charge in [0.2, 0.25) is 5.91 Å². The summed E-state index contributed by atoms with van der Waals surface area (Å²) in [6.07, 6.45) is 10.8. The summed E-state index contributed by atoms with van der Waals surface area (Å²) in [6.45, 7) is 6.73. The van der Waals surface area contributed by atoms with Gasteiger partial charge >= 0.3 is 0 Å². The molecular formula is C14H21NO. The number of allylic oxidation sites excluding steroid dienone is 5. The van der Waals surface area contributed by atoms with Crippen LogP contribution in [-0.2, 0) is 4.79 Å². The number of carbonyl (C=O) groups excluding carboxylic acids is 1. The van der Waals surface area contributed by atoms with Crippen molar-refractivity contribution in [2.45, 2.75) is 40.0 Å². The summed E-state index contributed by atoms with van der Waals surface area (Å²) < 4.78 is 0. The first-order valence-corrected chi connectivity index (χ1v) is 5.78. The van der Waals surface area contributed by atoms with Crippen molar-refractivity contribution in [1.82, 2.24) is 0 Å². The molecule has 0 saturated carbocycles. The van der Waals surface area contributed by atoms with E-state index in [2.05, 4.69) is 26.8 Å². The van der Waals surface area contributed by atoms with Crippen molar-refractivity contribution in [2.75, 3.05) is 0 Å². The lowest BCUT2D eigenvalue weighted by atomic mass is 9.73. The molecule has 1 rings (SSSR count). The van der Waals surface area contributed by atoms with Crippen LogP contribution in [0.1, 0.15) is 40.0 Å². The van der Waals surface area contributed by atoms with Gasteiger partial charge in [-0.3, -0.25) is 4.79 Å². The Morgan fingerprint density at radius 2 is 2.06 bits per heavy atom. The van der Waals surface area contributed by atoms with Crippen LogP contribution in [0.2, 0.25) is 0 Å². The first-order chi connectivity index (χ1) is 7.43. The molecular weight excluding hydrogens is 198 g/mol. The molecule has 0 aromatic heterocycles. The Hall–Kier alpha value is -1.31. The molecule has 0 heterocycles. The number of primary amides is 1. The quantitative estimate of drug-likeness (QED) is 0.575. The van der Waals surface area contributed by atoms with Crippen LogP contribution in [0.25, 0.3) is 0 Å². The zero-order valence-electron chi connectivity index (χ0n) is 10.4. The second-order valence-electron chi connectivity index (χ2n) is 5.05. The first-order valence-electron chi connectivity index (χ1n) is 5.78. The number of rotatable bonds is 3. The van der Waals surface area contributed by atoms with Gasteiger partial charge in [-0.2, -0.15) is 0 Å². The molecule has 0 aliphatic heterocycles. The Morgan fingerprint density at radius 3 is 2.62 bits per heavy atom. The number of nitrogens with two attached hydrogens (primary N) is 1. The van der Waals surface area contributed by atoms with E-state index < -0.39 is 5.91 Å². The van der Waals surface area contributed by atoms with Crippen LogP contribution in [0, 0.1) is 5.41 Å². The van der Waals surface area contributed by atoms with E-state index in [1.54, 1.807) is 6.08 Å². The molecule has 0 fully saturated rings. The van der Waals surface area contributed by atoms with Crippen LogP contribution in [0.4, 0.5) is 0 Å². The van der Waals surface area contributed by atoms with E-state index in [0.717, 1.165) is 0 Å². The molecule has 0 aromatic rings. The van der Waals surface area contributed by atoms with E-state index >= 15 is 0 Å². The molecule has 1 aliphatic rings. The lowest BCUT2D eigenvalue weighted by molar-refractivity contribution is -0.113. The summed E-state index contributed by atoms with van der Waals surface area (Å²) in [4.78, 5) is 10.5. The third-order valence-corrected chi connectivity index (χ3v) is 3.18. The standard InChI is InChI=1S/C14H21NO/c1-11-7-6-10-14(2,3)12(11)8-4-5-9-13(15)16/h4-5,8-9H,6-7,10H2,1-3H3,(H2,15,16). The molecule has 16 heavy (non-hydrogen) atoms. The van der Waals surface area contributed by atoms with Crippen molar-refractivity contribution in [3.05, 3.63) is 35.5 Å². The average Bonchev–Trinajstić information content (AvgIpc) is 2.14. The molecule has 0 bridgehead atoms. The Labute approximate surface area is 97.9 Å². The molecule has 0 atom stereocenters. The Balaban J connectivity index is 2.81. The lowest BCUT2D eigenvalue weighted by Gasteiger charge is -2.32. The molecule has 0 unspecified atom stereocenters. The summed E-state index contributed by atoms with van der Waals surface area (Å²) in [5, 5.41) is 0. The predicted molar refractivity (Wildman–Crippen MR) is 67.8 cm³/mol. The van der Waals surface area contributed by atoms with Gasteiger partial charge in [-0.05, 0) is 37.2 Å². The minimum atomic E-state index is -0.404. The van der Waals surface area contributed by atoms with Crippen molar-refractivity contribution in [2.24, 2.45) is 11.1 Å². The molecule has 0 aromatic carbocycles. The van der Waals surface area contributed by atoms with Crippen LogP contribution in [0.3, 0.4) is 0 Å². The van der Waals surface area contributed by atoms with Gasteiger partial charge in [-0.25, -0.2) is 0 Å². The van der Waals surface area contributed by atoms with Crippen molar-refractivity contribution in [3.8, 4) is 0 Å². The predicted octanol–water partition coefficient (Wildman–Crippen LogP) is 3.11. The Bertz CT molecular complexity index is 359. The van der Waals surface area contributed by atoms with Crippen LogP contribution >= 0.6 is 0 Å². The monoisotopic (exact) mass is 219 g/mol. The molecule has 0 radical (unpaired) electrons. The fourth-order valence-electron chi connectivity index (χ4n) is 2.31. The fraction of sp³-hybridized carbons (Fsp3) is 0.500.